The zero-order valence-electron chi connectivity index (χ0n) is 15.8. The molecule has 0 aliphatic heterocycles. The van der Waals surface area contributed by atoms with Gasteiger partial charge in [0.15, 0.2) is 0 Å². The van der Waals surface area contributed by atoms with E-state index in [1.807, 2.05) is 48.0 Å². The first-order valence-corrected chi connectivity index (χ1v) is 9.23. The number of halogens is 1. The second-order valence-corrected chi connectivity index (χ2v) is 6.82. The molecule has 8 heteroatoms. The van der Waals surface area contributed by atoms with E-state index in [9.17, 15) is 4.79 Å². The number of hydrogen-bond donors (Lipinski definition) is 2. The van der Waals surface area contributed by atoms with Crippen LogP contribution in [0.3, 0.4) is 0 Å². The number of carbonyl (C=O) groups excluding carboxylic acids is 1. The lowest BCUT2D eigenvalue weighted by Crippen LogP contribution is -2.20. The molecular formula is C21H18ClN5O2. The normalized spacial score (nSPS) is 10.7. The van der Waals surface area contributed by atoms with E-state index in [1.54, 1.807) is 24.4 Å². The van der Waals surface area contributed by atoms with Gasteiger partial charge < -0.3 is 15.4 Å². The standard InChI is InChI=1S/C21H18ClN5O2/c1-13-4-5-14(18-12-27-9-3-8-23-20(27)25-18)10-17(13)26-21(28)24-15-6-7-19(29-2)16(22)11-15/h3-12H,1-2H3,(H2,24,26,28). The quantitative estimate of drug-likeness (QED) is 0.498. The number of urea groups is 1. The Morgan fingerprint density at radius 2 is 2.03 bits per heavy atom. The van der Waals surface area contributed by atoms with E-state index in [0.717, 1.165) is 16.8 Å². The SMILES string of the molecule is COc1ccc(NC(=O)Nc2cc(-c3cn4cccnc4n3)ccc2C)cc1Cl. The molecule has 0 bridgehead atoms. The number of rotatable bonds is 4. The summed E-state index contributed by atoms with van der Waals surface area (Å²) in [5.41, 5.74) is 3.83. The molecule has 0 aliphatic carbocycles. The zero-order valence-corrected chi connectivity index (χ0v) is 16.6. The maximum atomic E-state index is 12.5. The predicted octanol–water partition coefficient (Wildman–Crippen LogP) is 5.01. The number of anilines is 2. The van der Waals surface area contributed by atoms with Crippen molar-refractivity contribution in [2.45, 2.75) is 6.92 Å². The van der Waals surface area contributed by atoms with Crippen LogP contribution in [0, 0.1) is 6.92 Å². The fraction of sp³-hybridized carbons (Fsp3) is 0.0952. The smallest absolute Gasteiger partial charge is 0.323 e. The van der Waals surface area contributed by atoms with Crippen molar-refractivity contribution >= 4 is 34.8 Å². The number of nitrogens with zero attached hydrogens (tertiary/aromatic N) is 3. The molecule has 2 N–H and O–H groups in total. The number of aryl methyl sites for hydroxylation is 1. The number of hydrogen-bond acceptors (Lipinski definition) is 4. The number of benzene rings is 2. The molecule has 0 unspecified atom stereocenters. The number of carbonyl (C=O) groups is 1. The number of methoxy groups -OCH3 is 1. The maximum absolute atomic E-state index is 12.5. The fourth-order valence-corrected chi connectivity index (χ4v) is 3.17. The highest BCUT2D eigenvalue weighted by molar-refractivity contribution is 6.32. The number of amides is 2. The predicted molar refractivity (Wildman–Crippen MR) is 114 cm³/mol. The Labute approximate surface area is 172 Å². The third kappa shape index (κ3) is 4.00. The minimum Gasteiger partial charge on any atom is -0.495 e. The van der Waals surface area contributed by atoms with Gasteiger partial charge in [-0.3, -0.25) is 4.40 Å². The molecule has 2 aromatic carbocycles. The Morgan fingerprint density at radius 1 is 1.17 bits per heavy atom. The summed E-state index contributed by atoms with van der Waals surface area (Å²) in [5.74, 6) is 1.16. The number of nitrogens with one attached hydrogen (secondary N) is 2. The molecule has 0 saturated carbocycles. The van der Waals surface area contributed by atoms with Crippen LogP contribution >= 0.6 is 11.6 Å². The fourth-order valence-electron chi connectivity index (χ4n) is 2.91. The second-order valence-electron chi connectivity index (χ2n) is 6.41. The van der Waals surface area contributed by atoms with Gasteiger partial charge in [-0.1, -0.05) is 23.7 Å². The highest BCUT2D eigenvalue weighted by atomic mass is 35.5. The summed E-state index contributed by atoms with van der Waals surface area (Å²) in [6.45, 7) is 1.93. The molecule has 29 heavy (non-hydrogen) atoms. The third-order valence-corrected chi connectivity index (χ3v) is 4.72. The molecule has 4 rings (SSSR count). The highest BCUT2D eigenvalue weighted by Gasteiger charge is 2.11. The van der Waals surface area contributed by atoms with Crippen molar-refractivity contribution in [2.24, 2.45) is 0 Å². The van der Waals surface area contributed by atoms with Crippen molar-refractivity contribution < 1.29 is 9.53 Å². The molecule has 7 nitrogen and oxygen atoms in total. The maximum Gasteiger partial charge on any atom is 0.323 e. The summed E-state index contributed by atoms with van der Waals surface area (Å²) >= 11 is 6.11. The number of aromatic nitrogens is 3. The van der Waals surface area contributed by atoms with Crippen molar-refractivity contribution in [3.05, 3.63) is 71.6 Å². The molecule has 4 aromatic rings. The second kappa shape index (κ2) is 7.81. The topological polar surface area (TPSA) is 80.5 Å². The highest BCUT2D eigenvalue weighted by Crippen LogP contribution is 2.28. The lowest BCUT2D eigenvalue weighted by Gasteiger charge is -2.12. The molecule has 0 aliphatic rings. The van der Waals surface area contributed by atoms with Gasteiger partial charge in [0.2, 0.25) is 5.78 Å². The third-order valence-electron chi connectivity index (χ3n) is 4.43. The van der Waals surface area contributed by atoms with E-state index in [-0.39, 0.29) is 6.03 Å². The lowest BCUT2D eigenvalue weighted by atomic mass is 10.1. The van der Waals surface area contributed by atoms with Gasteiger partial charge in [-0.15, -0.1) is 0 Å². The van der Waals surface area contributed by atoms with Crippen LogP contribution < -0.4 is 15.4 Å². The van der Waals surface area contributed by atoms with Crippen LogP contribution in [0.4, 0.5) is 16.2 Å². The largest absolute Gasteiger partial charge is 0.495 e. The van der Waals surface area contributed by atoms with Gasteiger partial charge in [0, 0.05) is 35.5 Å². The summed E-state index contributed by atoms with van der Waals surface area (Å²) in [6, 6.07) is 12.3. The van der Waals surface area contributed by atoms with E-state index in [2.05, 4.69) is 20.6 Å². The molecule has 2 aromatic heterocycles. The Balaban J connectivity index is 1.54. The van der Waals surface area contributed by atoms with Crippen LogP contribution in [0.1, 0.15) is 5.56 Å². The summed E-state index contributed by atoms with van der Waals surface area (Å²) in [7, 11) is 1.54. The minimum atomic E-state index is -0.372. The lowest BCUT2D eigenvalue weighted by molar-refractivity contribution is 0.262. The Hall–Kier alpha value is -3.58. The molecule has 0 saturated heterocycles. The molecule has 146 valence electrons. The van der Waals surface area contributed by atoms with Gasteiger partial charge in [-0.05, 0) is 42.8 Å². The van der Waals surface area contributed by atoms with E-state index >= 15 is 0 Å². The molecule has 2 heterocycles. The zero-order chi connectivity index (χ0) is 20.4. The molecular weight excluding hydrogens is 390 g/mol. The average molecular weight is 408 g/mol. The van der Waals surface area contributed by atoms with E-state index in [1.165, 1.54) is 7.11 Å². The number of ether oxygens (including phenoxy) is 1. The van der Waals surface area contributed by atoms with Gasteiger partial charge in [0.25, 0.3) is 0 Å². The molecule has 0 spiro atoms. The first-order chi connectivity index (χ1) is 14.0. The Kier molecular flexibility index (Phi) is 5.05. The van der Waals surface area contributed by atoms with Gasteiger partial charge in [-0.25, -0.2) is 14.8 Å². The van der Waals surface area contributed by atoms with Crippen LogP contribution in [0.15, 0.2) is 61.1 Å². The molecule has 2 amide bonds. The first kappa shape index (κ1) is 18.8. The summed E-state index contributed by atoms with van der Waals surface area (Å²) in [5, 5.41) is 6.07. The first-order valence-electron chi connectivity index (χ1n) is 8.86. The van der Waals surface area contributed by atoms with Crippen molar-refractivity contribution in [1.29, 1.82) is 0 Å². The van der Waals surface area contributed by atoms with Crippen LogP contribution in [-0.2, 0) is 0 Å². The van der Waals surface area contributed by atoms with Crippen LogP contribution in [0.2, 0.25) is 5.02 Å². The van der Waals surface area contributed by atoms with Crippen LogP contribution in [-0.4, -0.2) is 27.5 Å². The van der Waals surface area contributed by atoms with E-state index in [4.69, 9.17) is 16.3 Å². The Morgan fingerprint density at radius 3 is 2.79 bits per heavy atom. The molecule has 0 radical (unpaired) electrons. The van der Waals surface area contributed by atoms with Gasteiger partial charge in [-0.2, -0.15) is 0 Å². The summed E-state index contributed by atoms with van der Waals surface area (Å²) in [6.07, 6.45) is 5.49. The van der Waals surface area contributed by atoms with E-state index in [0.29, 0.717) is 27.9 Å². The van der Waals surface area contributed by atoms with Gasteiger partial charge >= 0.3 is 6.03 Å². The van der Waals surface area contributed by atoms with Gasteiger partial charge in [0.1, 0.15) is 5.75 Å². The summed E-state index contributed by atoms with van der Waals surface area (Å²) < 4.78 is 6.97. The van der Waals surface area contributed by atoms with Crippen LogP contribution in [0.5, 0.6) is 5.75 Å². The van der Waals surface area contributed by atoms with Crippen molar-refractivity contribution in [3.8, 4) is 17.0 Å². The van der Waals surface area contributed by atoms with Crippen molar-refractivity contribution in [1.82, 2.24) is 14.4 Å². The Bertz CT molecular complexity index is 1170. The van der Waals surface area contributed by atoms with Crippen molar-refractivity contribution in [3.63, 3.8) is 0 Å². The molecule has 0 fully saturated rings. The van der Waals surface area contributed by atoms with Crippen LogP contribution in [0.25, 0.3) is 17.0 Å². The summed E-state index contributed by atoms with van der Waals surface area (Å²) in [4.78, 5) is 21.2. The number of fused-ring (bicyclic) bond motifs is 1. The monoisotopic (exact) mass is 407 g/mol. The van der Waals surface area contributed by atoms with E-state index < -0.39 is 0 Å². The number of imidazole rings is 1. The molecule has 0 atom stereocenters. The minimum absolute atomic E-state index is 0.372. The van der Waals surface area contributed by atoms with Gasteiger partial charge in [0.05, 0.1) is 17.8 Å². The van der Waals surface area contributed by atoms with Crippen molar-refractivity contribution in [2.75, 3.05) is 17.7 Å². The average Bonchev–Trinajstić information content (AvgIpc) is 3.14.